The molecule has 0 unspecified atom stereocenters. The monoisotopic (exact) mass is 280 g/mol. The first-order valence-electron chi connectivity index (χ1n) is 6.71. The van der Waals surface area contributed by atoms with Crippen LogP contribution in [0.15, 0.2) is 24.3 Å². The van der Waals surface area contributed by atoms with Gasteiger partial charge in [-0.25, -0.2) is 0 Å². The lowest BCUT2D eigenvalue weighted by Gasteiger charge is -2.19. The number of para-hydroxylation sites is 1. The fourth-order valence-electron chi connectivity index (χ4n) is 2.03. The zero-order valence-corrected chi connectivity index (χ0v) is 12.9. The summed E-state index contributed by atoms with van der Waals surface area (Å²) in [4.78, 5) is 2.71. The number of nitrogens with zero attached hydrogens (tertiary/aromatic N) is 1. The quantitative estimate of drug-likeness (QED) is 0.587. The average Bonchev–Trinajstić information content (AvgIpc) is 2.34. The van der Waals surface area contributed by atoms with E-state index in [1.54, 1.807) is 0 Å². The van der Waals surface area contributed by atoms with E-state index in [1.165, 1.54) is 0 Å². The minimum Gasteiger partial charge on any atom is -0.493 e. The van der Waals surface area contributed by atoms with Crippen LogP contribution in [0.2, 0.25) is 0 Å². The third kappa shape index (κ3) is 6.03. The lowest BCUT2D eigenvalue weighted by molar-refractivity contribution is 0.247. The van der Waals surface area contributed by atoms with Gasteiger partial charge in [-0.2, -0.15) is 0 Å². The van der Waals surface area contributed by atoms with Crippen LogP contribution in [-0.4, -0.2) is 36.6 Å². The number of nitrogens with two attached hydrogens (primary N) is 1. The number of hydrogen-bond acceptors (Lipinski definition) is 3. The Morgan fingerprint density at radius 3 is 2.68 bits per heavy atom. The Hall–Kier alpha value is -1.13. The highest BCUT2D eigenvalue weighted by Crippen LogP contribution is 2.17. The van der Waals surface area contributed by atoms with Crippen molar-refractivity contribution < 1.29 is 4.74 Å². The van der Waals surface area contributed by atoms with Crippen LogP contribution in [0.4, 0.5) is 0 Å². The summed E-state index contributed by atoms with van der Waals surface area (Å²) in [5, 5.41) is 0. The van der Waals surface area contributed by atoms with Gasteiger partial charge in [0.25, 0.3) is 0 Å². The van der Waals surface area contributed by atoms with Crippen LogP contribution >= 0.6 is 12.2 Å². The van der Waals surface area contributed by atoms with Crippen molar-refractivity contribution in [2.24, 2.45) is 11.7 Å². The molecule has 1 rings (SSSR count). The van der Waals surface area contributed by atoms with E-state index in [-0.39, 0.29) is 0 Å². The lowest BCUT2D eigenvalue weighted by Crippen LogP contribution is -2.25. The van der Waals surface area contributed by atoms with E-state index >= 15 is 0 Å². The van der Waals surface area contributed by atoms with Gasteiger partial charge in [-0.05, 0) is 31.5 Å². The van der Waals surface area contributed by atoms with Gasteiger partial charge in [0.05, 0.1) is 12.2 Å². The average molecular weight is 280 g/mol. The van der Waals surface area contributed by atoms with Crippen LogP contribution in [0.25, 0.3) is 0 Å². The summed E-state index contributed by atoms with van der Waals surface area (Å²) in [5.41, 5.74) is 6.48. The first-order chi connectivity index (χ1) is 9.00. The standard InChI is InChI=1S/C15H24N2OS/c1-12(2)11-17(3)9-6-10-18-14-8-5-4-7-13(14)15(16)19/h4-5,7-8,12H,6,9-11H2,1-3H3,(H2,16,19). The minimum atomic E-state index is 0.382. The summed E-state index contributed by atoms with van der Waals surface area (Å²) in [6.07, 6.45) is 0.995. The largest absolute Gasteiger partial charge is 0.493 e. The molecule has 2 N–H and O–H groups in total. The highest BCUT2D eigenvalue weighted by Gasteiger charge is 2.06. The summed E-state index contributed by atoms with van der Waals surface area (Å²) < 4.78 is 5.76. The van der Waals surface area contributed by atoms with E-state index in [9.17, 15) is 0 Å². The normalized spacial score (nSPS) is 11.0. The number of benzene rings is 1. The van der Waals surface area contributed by atoms with Gasteiger partial charge in [0.2, 0.25) is 0 Å². The van der Waals surface area contributed by atoms with Gasteiger partial charge in [-0.3, -0.25) is 0 Å². The van der Waals surface area contributed by atoms with Gasteiger partial charge in [-0.15, -0.1) is 0 Å². The molecular weight excluding hydrogens is 256 g/mol. The van der Waals surface area contributed by atoms with E-state index in [1.807, 2.05) is 24.3 Å². The molecule has 0 spiro atoms. The van der Waals surface area contributed by atoms with Crippen molar-refractivity contribution in [3.63, 3.8) is 0 Å². The Kier molecular flexibility index (Phi) is 6.81. The van der Waals surface area contributed by atoms with Gasteiger partial charge in [0.1, 0.15) is 10.7 Å². The summed E-state index contributed by atoms with van der Waals surface area (Å²) in [6, 6.07) is 7.65. The van der Waals surface area contributed by atoms with Crippen LogP contribution in [-0.2, 0) is 0 Å². The van der Waals surface area contributed by atoms with E-state index in [0.29, 0.717) is 17.5 Å². The van der Waals surface area contributed by atoms with Crippen molar-refractivity contribution in [3.8, 4) is 5.75 Å². The number of hydrogen-bond donors (Lipinski definition) is 1. The molecule has 0 radical (unpaired) electrons. The first-order valence-corrected chi connectivity index (χ1v) is 7.11. The Bertz CT molecular complexity index is 407. The maximum atomic E-state index is 5.76. The highest BCUT2D eigenvalue weighted by atomic mass is 32.1. The zero-order valence-electron chi connectivity index (χ0n) is 12.1. The molecule has 0 atom stereocenters. The van der Waals surface area contributed by atoms with Crippen LogP contribution in [0.5, 0.6) is 5.75 Å². The van der Waals surface area contributed by atoms with E-state index in [0.717, 1.165) is 30.8 Å². The van der Waals surface area contributed by atoms with Gasteiger partial charge < -0.3 is 15.4 Å². The van der Waals surface area contributed by atoms with E-state index in [4.69, 9.17) is 22.7 Å². The summed E-state index contributed by atoms with van der Waals surface area (Å²) in [7, 11) is 2.14. The van der Waals surface area contributed by atoms with Crippen LogP contribution in [0, 0.1) is 5.92 Å². The molecule has 19 heavy (non-hydrogen) atoms. The molecule has 106 valence electrons. The maximum Gasteiger partial charge on any atom is 0.129 e. The van der Waals surface area contributed by atoms with Crippen molar-refractivity contribution in [2.75, 3.05) is 26.7 Å². The fourth-order valence-corrected chi connectivity index (χ4v) is 2.20. The van der Waals surface area contributed by atoms with E-state index in [2.05, 4.69) is 25.8 Å². The predicted octanol–water partition coefficient (Wildman–Crippen LogP) is 2.68. The Labute approximate surface area is 121 Å². The molecule has 0 aromatic heterocycles. The molecule has 0 saturated carbocycles. The maximum absolute atomic E-state index is 5.76. The van der Waals surface area contributed by atoms with Gasteiger partial charge in [0.15, 0.2) is 0 Å². The molecule has 0 aliphatic heterocycles. The molecule has 0 amide bonds. The number of rotatable bonds is 8. The topological polar surface area (TPSA) is 38.5 Å². The van der Waals surface area contributed by atoms with Gasteiger partial charge in [-0.1, -0.05) is 38.2 Å². The van der Waals surface area contributed by atoms with Crippen molar-refractivity contribution >= 4 is 17.2 Å². The molecule has 0 fully saturated rings. The number of ether oxygens (including phenoxy) is 1. The summed E-state index contributed by atoms with van der Waals surface area (Å²) in [6.45, 7) is 7.29. The molecule has 1 aromatic rings. The smallest absolute Gasteiger partial charge is 0.129 e. The van der Waals surface area contributed by atoms with Crippen LogP contribution < -0.4 is 10.5 Å². The molecular formula is C15H24N2OS. The highest BCUT2D eigenvalue weighted by molar-refractivity contribution is 7.80. The van der Waals surface area contributed by atoms with Crippen molar-refractivity contribution in [3.05, 3.63) is 29.8 Å². The Morgan fingerprint density at radius 1 is 1.37 bits per heavy atom. The summed E-state index contributed by atoms with van der Waals surface area (Å²) >= 11 is 5.01. The zero-order chi connectivity index (χ0) is 14.3. The second-order valence-electron chi connectivity index (χ2n) is 5.22. The second-order valence-corrected chi connectivity index (χ2v) is 5.66. The number of thiocarbonyl (C=S) groups is 1. The summed E-state index contributed by atoms with van der Waals surface area (Å²) in [5.74, 6) is 1.47. The second kappa shape index (κ2) is 8.12. The molecule has 3 nitrogen and oxygen atoms in total. The first kappa shape index (κ1) is 15.9. The lowest BCUT2D eigenvalue weighted by atomic mass is 10.2. The molecule has 0 saturated heterocycles. The third-order valence-electron chi connectivity index (χ3n) is 2.77. The molecule has 1 aromatic carbocycles. The molecule has 0 heterocycles. The minimum absolute atomic E-state index is 0.382. The predicted molar refractivity (Wildman–Crippen MR) is 84.8 cm³/mol. The Morgan fingerprint density at radius 2 is 2.05 bits per heavy atom. The molecule has 0 bridgehead atoms. The fraction of sp³-hybridized carbons (Fsp3) is 0.533. The Balaban J connectivity index is 2.35. The van der Waals surface area contributed by atoms with Crippen molar-refractivity contribution in [2.45, 2.75) is 20.3 Å². The van der Waals surface area contributed by atoms with E-state index < -0.39 is 0 Å². The van der Waals surface area contributed by atoms with Crippen molar-refractivity contribution in [1.29, 1.82) is 0 Å². The van der Waals surface area contributed by atoms with Crippen LogP contribution in [0.1, 0.15) is 25.8 Å². The van der Waals surface area contributed by atoms with Gasteiger partial charge >= 0.3 is 0 Å². The van der Waals surface area contributed by atoms with Crippen molar-refractivity contribution in [1.82, 2.24) is 4.90 Å². The van der Waals surface area contributed by atoms with Crippen LogP contribution in [0.3, 0.4) is 0 Å². The SMILES string of the molecule is CC(C)CN(C)CCCOc1ccccc1C(N)=S. The molecule has 0 aliphatic rings. The molecule has 0 aliphatic carbocycles. The molecule has 4 heteroatoms. The third-order valence-corrected chi connectivity index (χ3v) is 2.99. The van der Waals surface area contributed by atoms with Gasteiger partial charge in [0, 0.05) is 13.1 Å².